The van der Waals surface area contributed by atoms with Crippen LogP contribution in [0, 0.1) is 20.8 Å². The number of amides is 2. The summed E-state index contributed by atoms with van der Waals surface area (Å²) < 4.78 is 0.732. The molecule has 0 spiro atoms. The number of halogens is 1. The van der Waals surface area contributed by atoms with Crippen molar-refractivity contribution in [3.05, 3.63) is 57.6 Å². The van der Waals surface area contributed by atoms with Crippen molar-refractivity contribution >= 4 is 39.1 Å². The summed E-state index contributed by atoms with van der Waals surface area (Å²) in [5.41, 5.74) is 4.85. The van der Waals surface area contributed by atoms with Gasteiger partial charge in [0.1, 0.15) is 6.04 Å². The van der Waals surface area contributed by atoms with Crippen molar-refractivity contribution in [2.24, 2.45) is 0 Å². The molecule has 1 N–H and O–H groups in total. The molecular weight excluding hydrogens is 368 g/mol. The quantitative estimate of drug-likeness (QED) is 0.807. The van der Waals surface area contributed by atoms with Gasteiger partial charge in [-0.2, -0.15) is 0 Å². The molecule has 0 radical (unpaired) electrons. The van der Waals surface area contributed by atoms with Crippen LogP contribution in [0.3, 0.4) is 0 Å². The molecule has 1 atom stereocenters. The van der Waals surface area contributed by atoms with E-state index in [1.807, 2.05) is 39.0 Å². The Morgan fingerprint density at radius 1 is 1.08 bits per heavy atom. The summed E-state index contributed by atoms with van der Waals surface area (Å²) >= 11 is 3.41. The maximum atomic E-state index is 12.8. The second kappa shape index (κ2) is 6.40. The fourth-order valence-electron chi connectivity index (χ4n) is 3.21. The average molecular weight is 387 g/mol. The van der Waals surface area contributed by atoms with Crippen LogP contribution >= 0.6 is 15.9 Å². The first-order valence-electron chi connectivity index (χ1n) is 7.84. The van der Waals surface area contributed by atoms with Crippen LogP contribution in [0.2, 0.25) is 0 Å². The van der Waals surface area contributed by atoms with Gasteiger partial charge in [0.25, 0.3) is 5.91 Å². The lowest BCUT2D eigenvalue weighted by atomic mass is 10.0. The molecule has 2 amide bonds. The van der Waals surface area contributed by atoms with Gasteiger partial charge in [0.2, 0.25) is 5.91 Å². The second-order valence-corrected chi connectivity index (χ2v) is 7.05. The first kappa shape index (κ1) is 16.7. The molecule has 0 aromatic heterocycles. The smallest absolute Gasteiger partial charge is 0.256 e. The molecule has 124 valence electrons. The average Bonchev–Trinajstić information content (AvgIpc) is 2.78. The van der Waals surface area contributed by atoms with Gasteiger partial charge in [0, 0.05) is 10.2 Å². The molecule has 0 bridgehead atoms. The minimum atomic E-state index is -0.537. The topological polar surface area (TPSA) is 49.4 Å². The Bertz CT molecular complexity index is 809. The van der Waals surface area contributed by atoms with E-state index in [1.54, 1.807) is 6.07 Å². The molecule has 0 saturated carbocycles. The highest BCUT2D eigenvalue weighted by Crippen LogP contribution is 2.32. The highest BCUT2D eigenvalue weighted by Gasteiger charge is 2.40. The van der Waals surface area contributed by atoms with Crippen molar-refractivity contribution in [1.82, 2.24) is 0 Å². The summed E-state index contributed by atoms with van der Waals surface area (Å²) in [5, 5.41) is 3.28. The highest BCUT2D eigenvalue weighted by atomic mass is 79.9. The number of aryl methyl sites for hydroxylation is 3. The molecule has 1 aliphatic heterocycles. The maximum absolute atomic E-state index is 12.8. The van der Waals surface area contributed by atoms with Gasteiger partial charge in [-0.3, -0.25) is 9.59 Å². The Morgan fingerprint density at radius 3 is 2.33 bits per heavy atom. The fourth-order valence-corrected chi connectivity index (χ4v) is 3.67. The Balaban J connectivity index is 1.89. The van der Waals surface area contributed by atoms with E-state index in [1.165, 1.54) is 10.5 Å². The summed E-state index contributed by atoms with van der Waals surface area (Å²) in [4.78, 5) is 26.5. The van der Waals surface area contributed by atoms with Crippen molar-refractivity contribution in [3.8, 4) is 0 Å². The molecule has 24 heavy (non-hydrogen) atoms. The van der Waals surface area contributed by atoms with Crippen LogP contribution in [0.15, 0.2) is 40.9 Å². The Morgan fingerprint density at radius 2 is 1.71 bits per heavy atom. The third kappa shape index (κ3) is 2.96. The second-order valence-electron chi connectivity index (χ2n) is 6.19. The lowest BCUT2D eigenvalue weighted by molar-refractivity contribution is -0.121. The van der Waals surface area contributed by atoms with Crippen LogP contribution in [0.1, 0.15) is 23.1 Å². The minimum Gasteiger partial charge on any atom is -0.373 e. The summed E-state index contributed by atoms with van der Waals surface area (Å²) in [6, 6.07) is 10.9. The van der Waals surface area contributed by atoms with Crippen LogP contribution in [0.4, 0.5) is 11.4 Å². The molecule has 4 nitrogen and oxygen atoms in total. The normalized spacial score (nSPS) is 17.5. The molecule has 1 fully saturated rings. The van der Waals surface area contributed by atoms with Crippen molar-refractivity contribution in [2.75, 3.05) is 10.2 Å². The molecule has 2 aromatic carbocycles. The number of hydrogen-bond donors (Lipinski definition) is 1. The third-order valence-electron chi connectivity index (χ3n) is 4.24. The number of benzene rings is 2. The van der Waals surface area contributed by atoms with E-state index in [-0.39, 0.29) is 18.2 Å². The largest absolute Gasteiger partial charge is 0.373 e. The molecule has 2 aromatic rings. The number of carbonyl (C=O) groups is 2. The number of hydrogen-bond acceptors (Lipinski definition) is 3. The summed E-state index contributed by atoms with van der Waals surface area (Å²) in [5.74, 6) is -0.405. The number of anilines is 2. The van der Waals surface area contributed by atoms with E-state index < -0.39 is 6.04 Å². The SMILES string of the molecule is Cc1cc(C)c(N[C@H]2CC(=O)N(c3ccccc3Br)C2=O)c(C)c1. The number of carbonyl (C=O) groups excluding carboxylic acids is 2. The van der Waals surface area contributed by atoms with Crippen LogP contribution in [0.25, 0.3) is 0 Å². The zero-order valence-corrected chi connectivity index (χ0v) is 15.5. The van der Waals surface area contributed by atoms with Gasteiger partial charge in [-0.15, -0.1) is 0 Å². The molecule has 1 heterocycles. The molecule has 5 heteroatoms. The monoisotopic (exact) mass is 386 g/mol. The predicted octanol–water partition coefficient (Wildman–Crippen LogP) is 4.12. The van der Waals surface area contributed by atoms with E-state index in [9.17, 15) is 9.59 Å². The summed E-state index contributed by atoms with van der Waals surface area (Å²) in [6.07, 6.45) is 0.160. The van der Waals surface area contributed by atoms with E-state index in [4.69, 9.17) is 0 Å². The minimum absolute atomic E-state index is 0.160. The lowest BCUT2D eigenvalue weighted by Gasteiger charge is -2.19. The van der Waals surface area contributed by atoms with Gasteiger partial charge in [-0.25, -0.2) is 4.90 Å². The number of nitrogens with zero attached hydrogens (tertiary/aromatic N) is 1. The van der Waals surface area contributed by atoms with Crippen molar-refractivity contribution < 1.29 is 9.59 Å². The van der Waals surface area contributed by atoms with E-state index in [2.05, 4.69) is 33.4 Å². The molecular formula is C19H19BrN2O2. The van der Waals surface area contributed by atoms with E-state index >= 15 is 0 Å². The van der Waals surface area contributed by atoms with Gasteiger partial charge >= 0.3 is 0 Å². The Hall–Kier alpha value is -2.14. The number of rotatable bonds is 3. The van der Waals surface area contributed by atoms with Gasteiger partial charge in [-0.05, 0) is 60.0 Å². The van der Waals surface area contributed by atoms with E-state index in [0.29, 0.717) is 5.69 Å². The first-order valence-corrected chi connectivity index (χ1v) is 8.63. The number of para-hydroxylation sites is 1. The van der Waals surface area contributed by atoms with Gasteiger partial charge in [0.15, 0.2) is 0 Å². The van der Waals surface area contributed by atoms with Crippen LogP contribution in [0.5, 0.6) is 0 Å². The maximum Gasteiger partial charge on any atom is 0.256 e. The van der Waals surface area contributed by atoms with Crippen LogP contribution < -0.4 is 10.2 Å². The lowest BCUT2D eigenvalue weighted by Crippen LogP contribution is -2.35. The standard InChI is InChI=1S/C19H19BrN2O2/c1-11-8-12(2)18(13(3)9-11)21-15-10-17(23)22(19(15)24)16-7-5-4-6-14(16)20/h4-9,15,21H,10H2,1-3H3/t15-/m0/s1. The number of nitrogens with one attached hydrogen (secondary N) is 1. The predicted molar refractivity (Wildman–Crippen MR) is 99.3 cm³/mol. The Labute approximate surface area is 150 Å². The van der Waals surface area contributed by atoms with Gasteiger partial charge < -0.3 is 5.32 Å². The molecule has 0 unspecified atom stereocenters. The number of imide groups is 1. The Kier molecular flexibility index (Phi) is 4.45. The fraction of sp³-hybridized carbons (Fsp3) is 0.263. The summed E-state index contributed by atoms with van der Waals surface area (Å²) in [7, 11) is 0. The molecule has 3 rings (SSSR count). The van der Waals surface area contributed by atoms with Crippen molar-refractivity contribution in [2.45, 2.75) is 33.2 Å². The van der Waals surface area contributed by atoms with E-state index in [0.717, 1.165) is 21.3 Å². The molecule has 0 aliphatic carbocycles. The third-order valence-corrected chi connectivity index (χ3v) is 4.91. The molecule has 1 saturated heterocycles. The van der Waals surface area contributed by atoms with Crippen LogP contribution in [-0.2, 0) is 9.59 Å². The van der Waals surface area contributed by atoms with Crippen molar-refractivity contribution in [1.29, 1.82) is 0 Å². The zero-order chi connectivity index (χ0) is 17.4. The first-order chi connectivity index (χ1) is 11.4. The highest BCUT2D eigenvalue weighted by molar-refractivity contribution is 9.10. The molecule has 1 aliphatic rings. The summed E-state index contributed by atoms with van der Waals surface area (Å²) in [6.45, 7) is 6.06. The zero-order valence-electron chi connectivity index (χ0n) is 13.9. The van der Waals surface area contributed by atoms with Crippen LogP contribution in [-0.4, -0.2) is 17.9 Å². The van der Waals surface area contributed by atoms with Gasteiger partial charge in [-0.1, -0.05) is 29.8 Å². The van der Waals surface area contributed by atoms with Gasteiger partial charge in [0.05, 0.1) is 12.1 Å². The van der Waals surface area contributed by atoms with Crippen molar-refractivity contribution in [3.63, 3.8) is 0 Å².